The Morgan fingerprint density at radius 1 is 1.19 bits per heavy atom. The highest BCUT2D eigenvalue weighted by molar-refractivity contribution is 7.18. The fraction of sp³-hybridized carbons (Fsp3) is 0.250. The van der Waals surface area contributed by atoms with Gasteiger partial charge in [0.05, 0.1) is 33.7 Å². The summed E-state index contributed by atoms with van der Waals surface area (Å²) < 4.78 is 1.21. The molecule has 2 aromatic heterocycles. The first-order valence-corrected chi connectivity index (χ1v) is 10.1. The van der Waals surface area contributed by atoms with Gasteiger partial charge < -0.3 is 4.98 Å². The molecule has 0 radical (unpaired) electrons. The number of H-pyrrole nitrogens is 1. The van der Waals surface area contributed by atoms with Crippen LogP contribution in [0.5, 0.6) is 0 Å². The second-order valence-corrected chi connectivity index (χ2v) is 8.32. The molecule has 1 unspecified atom stereocenters. The molecule has 1 atom stereocenters. The zero-order valence-electron chi connectivity index (χ0n) is 14.5. The number of para-hydroxylation sites is 1. The Labute approximate surface area is 164 Å². The minimum absolute atomic E-state index is 0.123. The summed E-state index contributed by atoms with van der Waals surface area (Å²) >= 11 is 7.82. The minimum Gasteiger partial charge on any atom is -0.309 e. The van der Waals surface area contributed by atoms with Crippen molar-refractivity contribution in [1.82, 2.24) is 19.9 Å². The van der Waals surface area contributed by atoms with Gasteiger partial charge in [-0.2, -0.15) is 0 Å². The summed E-state index contributed by atoms with van der Waals surface area (Å²) in [6.07, 6.45) is 2.19. The number of nitrogens with one attached hydrogen (secondary N) is 1. The largest absolute Gasteiger partial charge is 0.309 e. The first-order chi connectivity index (χ1) is 13.2. The summed E-state index contributed by atoms with van der Waals surface area (Å²) in [5, 5.41) is 2.28. The number of aromatic amines is 1. The average molecular weight is 397 g/mol. The van der Waals surface area contributed by atoms with Gasteiger partial charge in [-0.1, -0.05) is 23.7 Å². The first-order valence-electron chi connectivity index (χ1n) is 8.95. The van der Waals surface area contributed by atoms with E-state index >= 15 is 0 Å². The van der Waals surface area contributed by atoms with E-state index in [-0.39, 0.29) is 11.6 Å². The molecule has 0 saturated carbocycles. The van der Waals surface area contributed by atoms with Crippen molar-refractivity contribution in [2.45, 2.75) is 25.4 Å². The van der Waals surface area contributed by atoms with Crippen molar-refractivity contribution < 1.29 is 0 Å². The molecule has 0 bridgehead atoms. The number of nitrogens with zero attached hydrogens (tertiary/aromatic N) is 3. The normalized spacial score (nSPS) is 17.9. The quantitative estimate of drug-likeness (QED) is 0.553. The van der Waals surface area contributed by atoms with Gasteiger partial charge in [-0.3, -0.25) is 9.69 Å². The van der Waals surface area contributed by atoms with Gasteiger partial charge in [-0.15, -0.1) is 11.3 Å². The molecule has 0 spiro atoms. The molecule has 5 rings (SSSR count). The number of halogens is 1. The van der Waals surface area contributed by atoms with Crippen LogP contribution >= 0.6 is 22.9 Å². The topological polar surface area (TPSA) is 61.9 Å². The second-order valence-electron chi connectivity index (χ2n) is 6.82. The van der Waals surface area contributed by atoms with Crippen LogP contribution in [0, 0.1) is 0 Å². The van der Waals surface area contributed by atoms with Gasteiger partial charge in [0.1, 0.15) is 10.8 Å². The molecule has 1 aliphatic rings. The van der Waals surface area contributed by atoms with Crippen molar-refractivity contribution in [2.75, 3.05) is 6.54 Å². The Bertz CT molecular complexity index is 1170. The van der Waals surface area contributed by atoms with E-state index < -0.39 is 0 Å². The van der Waals surface area contributed by atoms with Gasteiger partial charge in [-0.25, -0.2) is 9.97 Å². The Kier molecular flexibility index (Phi) is 4.19. The van der Waals surface area contributed by atoms with Gasteiger partial charge in [0, 0.05) is 5.02 Å². The second kappa shape index (κ2) is 6.71. The van der Waals surface area contributed by atoms with Crippen molar-refractivity contribution in [2.24, 2.45) is 0 Å². The van der Waals surface area contributed by atoms with Crippen molar-refractivity contribution in [1.29, 1.82) is 0 Å². The third-order valence-corrected chi connectivity index (χ3v) is 6.40. The molecule has 1 fully saturated rings. The number of likely N-dealkylation sites (tertiary alicyclic amines) is 1. The molecule has 0 aliphatic carbocycles. The third kappa shape index (κ3) is 3.14. The van der Waals surface area contributed by atoms with E-state index in [0.717, 1.165) is 29.9 Å². The van der Waals surface area contributed by atoms with Gasteiger partial charge in [0.15, 0.2) is 0 Å². The lowest BCUT2D eigenvalue weighted by Gasteiger charge is -2.22. The highest BCUT2D eigenvalue weighted by Gasteiger charge is 2.29. The standard InChI is InChI=1S/C20H17ClN4OS/c21-12-7-8-13-15(10-12)22-18(24-19(13)26)11-25-9-3-5-16(25)20-23-14-4-1-2-6-17(14)27-20/h1-2,4,6-8,10,16H,3,5,9,11H2,(H,22,24,26). The lowest BCUT2D eigenvalue weighted by Crippen LogP contribution is -2.25. The van der Waals surface area contributed by atoms with Gasteiger partial charge in [0.2, 0.25) is 0 Å². The van der Waals surface area contributed by atoms with Crippen LogP contribution in [-0.2, 0) is 6.54 Å². The highest BCUT2D eigenvalue weighted by Crippen LogP contribution is 2.36. The van der Waals surface area contributed by atoms with E-state index in [9.17, 15) is 4.79 Å². The molecular formula is C20H17ClN4OS. The monoisotopic (exact) mass is 396 g/mol. The lowest BCUT2D eigenvalue weighted by atomic mass is 10.2. The highest BCUT2D eigenvalue weighted by atomic mass is 35.5. The Hall–Kier alpha value is -2.28. The number of hydrogen-bond donors (Lipinski definition) is 1. The minimum atomic E-state index is -0.123. The molecule has 0 amide bonds. The zero-order valence-corrected chi connectivity index (χ0v) is 16.1. The fourth-order valence-corrected chi connectivity index (χ4v) is 5.06. The Morgan fingerprint density at radius 3 is 2.96 bits per heavy atom. The maximum atomic E-state index is 12.4. The summed E-state index contributed by atoms with van der Waals surface area (Å²) in [5.41, 5.74) is 1.57. The molecular weight excluding hydrogens is 380 g/mol. The van der Waals surface area contributed by atoms with E-state index in [2.05, 4.69) is 27.0 Å². The molecule has 136 valence electrons. The predicted molar refractivity (Wildman–Crippen MR) is 109 cm³/mol. The number of benzene rings is 2. The molecule has 1 N–H and O–H groups in total. The Balaban J connectivity index is 1.47. The van der Waals surface area contributed by atoms with Crippen molar-refractivity contribution >= 4 is 44.1 Å². The average Bonchev–Trinajstić information content (AvgIpc) is 3.27. The zero-order chi connectivity index (χ0) is 18.4. The first kappa shape index (κ1) is 16.9. The van der Waals surface area contributed by atoms with Crippen molar-refractivity contribution in [3.8, 4) is 0 Å². The maximum Gasteiger partial charge on any atom is 0.258 e. The molecule has 3 heterocycles. The van der Waals surface area contributed by atoms with Crippen LogP contribution in [0.3, 0.4) is 0 Å². The van der Waals surface area contributed by atoms with E-state index in [0.29, 0.717) is 28.3 Å². The number of aromatic nitrogens is 3. The number of hydrogen-bond acceptors (Lipinski definition) is 5. The molecule has 2 aromatic carbocycles. The van der Waals surface area contributed by atoms with Crippen LogP contribution in [-0.4, -0.2) is 26.4 Å². The van der Waals surface area contributed by atoms with E-state index in [1.807, 2.05) is 12.1 Å². The van der Waals surface area contributed by atoms with E-state index in [1.165, 1.54) is 4.70 Å². The number of rotatable bonds is 3. The van der Waals surface area contributed by atoms with Crippen LogP contribution in [0.4, 0.5) is 0 Å². The fourth-order valence-electron chi connectivity index (χ4n) is 3.76. The van der Waals surface area contributed by atoms with E-state index in [4.69, 9.17) is 16.6 Å². The van der Waals surface area contributed by atoms with Crippen LogP contribution < -0.4 is 5.56 Å². The summed E-state index contributed by atoms with van der Waals surface area (Å²) in [6.45, 7) is 1.57. The number of fused-ring (bicyclic) bond motifs is 2. The molecule has 1 aliphatic heterocycles. The van der Waals surface area contributed by atoms with Gasteiger partial charge >= 0.3 is 0 Å². The van der Waals surface area contributed by atoms with Gasteiger partial charge in [-0.05, 0) is 49.7 Å². The smallest absolute Gasteiger partial charge is 0.258 e. The van der Waals surface area contributed by atoms with Crippen molar-refractivity contribution in [3.63, 3.8) is 0 Å². The third-order valence-electron chi connectivity index (χ3n) is 5.03. The molecule has 4 aromatic rings. The van der Waals surface area contributed by atoms with Gasteiger partial charge in [0.25, 0.3) is 5.56 Å². The SMILES string of the molecule is O=c1[nH]c(CN2CCCC2c2nc3ccccc3s2)nc2cc(Cl)ccc12. The van der Waals surface area contributed by atoms with E-state index in [1.54, 1.807) is 29.5 Å². The van der Waals surface area contributed by atoms with Crippen LogP contribution in [0.2, 0.25) is 5.02 Å². The van der Waals surface area contributed by atoms with Crippen LogP contribution in [0.15, 0.2) is 47.3 Å². The summed E-state index contributed by atoms with van der Waals surface area (Å²) in [4.78, 5) is 27.1. The predicted octanol–water partition coefficient (Wildman–Crippen LogP) is 4.52. The number of thiazole rings is 1. The molecule has 5 nitrogen and oxygen atoms in total. The van der Waals surface area contributed by atoms with Crippen LogP contribution in [0.1, 0.15) is 29.7 Å². The maximum absolute atomic E-state index is 12.4. The Morgan fingerprint density at radius 2 is 2.07 bits per heavy atom. The molecule has 7 heteroatoms. The van der Waals surface area contributed by atoms with Crippen LogP contribution in [0.25, 0.3) is 21.1 Å². The summed E-state index contributed by atoms with van der Waals surface area (Å²) in [7, 11) is 0. The lowest BCUT2D eigenvalue weighted by molar-refractivity contribution is 0.242. The molecule has 27 heavy (non-hydrogen) atoms. The van der Waals surface area contributed by atoms with Crippen molar-refractivity contribution in [3.05, 3.63) is 68.7 Å². The summed E-state index contributed by atoms with van der Waals surface area (Å²) in [6, 6.07) is 13.7. The molecule has 1 saturated heterocycles. The summed E-state index contributed by atoms with van der Waals surface area (Å²) in [5.74, 6) is 0.669.